The summed E-state index contributed by atoms with van der Waals surface area (Å²) in [4.78, 5) is 57.6. The number of anilines is 1. The average Bonchev–Trinajstić information content (AvgIpc) is 3.60. The van der Waals surface area contributed by atoms with Gasteiger partial charge in [0.1, 0.15) is 24.5 Å². The number of carbonyl (C=O) groups excluding carboxylic acids is 3. The number of hydrogen-bond donors (Lipinski definition) is 5. The summed E-state index contributed by atoms with van der Waals surface area (Å²) in [5.74, 6) is -0.104. The van der Waals surface area contributed by atoms with Crippen molar-refractivity contribution in [1.29, 1.82) is 0 Å². The van der Waals surface area contributed by atoms with Gasteiger partial charge in [0.25, 0.3) is 11.8 Å². The Balaban J connectivity index is 1.30. The minimum atomic E-state index is -1.30. The van der Waals surface area contributed by atoms with E-state index in [1.165, 1.54) is 17.1 Å². The SMILES string of the molecule is CCOCc1nc2c(NC(=O)CNC(=O)O)nc3ccccc3c2n1CC(C)(C)OCCNCC(C)(C)NCCCCCCN1C(=O)C=CC1=O. The van der Waals surface area contributed by atoms with E-state index in [1.54, 1.807) is 0 Å². The Bertz CT molecular complexity index is 1700. The molecule has 0 fully saturated rings. The van der Waals surface area contributed by atoms with Crippen molar-refractivity contribution in [3.63, 3.8) is 0 Å². The minimum absolute atomic E-state index is 0.120. The van der Waals surface area contributed by atoms with Crippen molar-refractivity contribution in [2.45, 2.75) is 84.6 Å². The predicted octanol–water partition coefficient (Wildman–Crippen LogP) is 3.57. The van der Waals surface area contributed by atoms with Crippen LogP contribution >= 0.6 is 0 Å². The first-order valence-electron chi connectivity index (χ1n) is 17.6. The topological polar surface area (TPSA) is 189 Å². The van der Waals surface area contributed by atoms with Crippen LogP contribution in [0.1, 0.15) is 66.1 Å². The molecule has 0 bridgehead atoms. The number of ether oxygens (including phenoxy) is 2. The lowest BCUT2D eigenvalue weighted by molar-refractivity contribution is -0.136. The second-order valence-electron chi connectivity index (χ2n) is 13.8. The maximum Gasteiger partial charge on any atom is 0.405 e. The summed E-state index contributed by atoms with van der Waals surface area (Å²) in [6.45, 7) is 14.3. The standard InChI is InChI=1S/C36H52N8O7/c1-6-50-22-27-41-31-32(25-13-9-10-14-26(25)40-33(31)42-28(45)21-38-34(48)49)44(27)24-36(4,5)51-20-18-37-23-35(2,3)39-17-11-7-8-12-19-43-29(46)15-16-30(43)47/h9-10,13-16,37-39H,6-8,11-12,17-24H2,1-5H3,(H,48,49)(H,40,42,45). The summed E-state index contributed by atoms with van der Waals surface area (Å²) in [5, 5.41) is 21.7. The molecule has 278 valence electrons. The van der Waals surface area contributed by atoms with Crippen LogP contribution in [0.25, 0.3) is 21.9 Å². The number of hydrogen-bond acceptors (Lipinski definition) is 10. The molecule has 4 rings (SSSR count). The maximum atomic E-state index is 12.6. The zero-order valence-corrected chi connectivity index (χ0v) is 30.3. The monoisotopic (exact) mass is 708 g/mol. The van der Waals surface area contributed by atoms with Gasteiger partial charge in [0.05, 0.1) is 29.8 Å². The fourth-order valence-corrected chi connectivity index (χ4v) is 5.89. The first-order valence-corrected chi connectivity index (χ1v) is 17.6. The molecule has 0 unspecified atom stereocenters. The summed E-state index contributed by atoms with van der Waals surface area (Å²) in [6, 6.07) is 7.59. The van der Waals surface area contributed by atoms with Crippen LogP contribution in [0.2, 0.25) is 0 Å². The molecule has 15 nitrogen and oxygen atoms in total. The molecule has 15 heteroatoms. The van der Waals surface area contributed by atoms with Gasteiger partial charge < -0.3 is 40.4 Å². The highest BCUT2D eigenvalue weighted by molar-refractivity contribution is 6.13. The molecule has 5 N–H and O–H groups in total. The molecular formula is C36H52N8O7. The van der Waals surface area contributed by atoms with Gasteiger partial charge in [-0.1, -0.05) is 31.0 Å². The molecule has 0 saturated heterocycles. The zero-order valence-electron chi connectivity index (χ0n) is 30.3. The van der Waals surface area contributed by atoms with Gasteiger partial charge in [-0.2, -0.15) is 0 Å². The third-order valence-electron chi connectivity index (χ3n) is 8.45. The summed E-state index contributed by atoms with van der Waals surface area (Å²) in [5.41, 5.74) is 1.18. The first-order chi connectivity index (χ1) is 24.3. The van der Waals surface area contributed by atoms with Crippen LogP contribution in [0, 0.1) is 0 Å². The average molecular weight is 709 g/mol. The van der Waals surface area contributed by atoms with Crippen LogP contribution in [-0.2, 0) is 37.0 Å². The van der Waals surface area contributed by atoms with Crippen LogP contribution in [-0.4, -0.2) is 105 Å². The van der Waals surface area contributed by atoms with Crippen LogP contribution in [0.3, 0.4) is 0 Å². The number of carboxylic acid groups (broad SMARTS) is 1. The van der Waals surface area contributed by atoms with E-state index in [4.69, 9.17) is 19.6 Å². The Morgan fingerprint density at radius 2 is 1.69 bits per heavy atom. The van der Waals surface area contributed by atoms with E-state index in [0.717, 1.165) is 49.7 Å². The Morgan fingerprint density at radius 1 is 0.961 bits per heavy atom. The fraction of sp³-hybridized carbons (Fsp3) is 0.556. The number of imide groups is 1. The molecule has 0 saturated carbocycles. The van der Waals surface area contributed by atoms with Gasteiger partial charge in [-0.15, -0.1) is 0 Å². The fourth-order valence-electron chi connectivity index (χ4n) is 5.89. The summed E-state index contributed by atoms with van der Waals surface area (Å²) >= 11 is 0. The molecule has 2 aromatic heterocycles. The van der Waals surface area contributed by atoms with Gasteiger partial charge in [-0.05, 0) is 60.1 Å². The number of pyridine rings is 1. The predicted molar refractivity (Wildman–Crippen MR) is 194 cm³/mol. The van der Waals surface area contributed by atoms with Crippen molar-refractivity contribution < 1.29 is 33.8 Å². The number of fused-ring (bicyclic) bond motifs is 3. The van der Waals surface area contributed by atoms with Gasteiger partial charge in [-0.25, -0.2) is 14.8 Å². The second-order valence-corrected chi connectivity index (χ2v) is 13.8. The molecule has 1 aromatic carbocycles. The number of aromatic nitrogens is 3. The highest BCUT2D eigenvalue weighted by Gasteiger charge is 2.27. The van der Waals surface area contributed by atoms with E-state index in [0.29, 0.717) is 49.7 Å². The molecule has 1 aliphatic rings. The van der Waals surface area contributed by atoms with Crippen molar-refractivity contribution in [2.24, 2.45) is 0 Å². The lowest BCUT2D eigenvalue weighted by Crippen LogP contribution is -2.48. The van der Waals surface area contributed by atoms with Crippen molar-refractivity contribution >= 4 is 51.6 Å². The Hall–Kier alpha value is -4.44. The quantitative estimate of drug-likeness (QED) is 0.0758. The van der Waals surface area contributed by atoms with Crippen LogP contribution in [0.15, 0.2) is 36.4 Å². The van der Waals surface area contributed by atoms with Crippen molar-refractivity contribution in [3.8, 4) is 0 Å². The Morgan fingerprint density at radius 3 is 2.41 bits per heavy atom. The van der Waals surface area contributed by atoms with E-state index in [-0.39, 0.29) is 29.8 Å². The number of rotatable bonds is 22. The molecule has 51 heavy (non-hydrogen) atoms. The molecule has 4 amide bonds. The molecule has 0 atom stereocenters. The van der Waals surface area contributed by atoms with Crippen molar-refractivity contribution in [1.82, 2.24) is 35.4 Å². The molecule has 0 spiro atoms. The number of imidazole rings is 1. The molecule has 3 heterocycles. The normalized spacial score (nSPS) is 13.5. The maximum absolute atomic E-state index is 12.6. The number of benzene rings is 1. The summed E-state index contributed by atoms with van der Waals surface area (Å²) in [7, 11) is 0. The Kier molecular flexibility index (Phi) is 14.0. The lowest BCUT2D eigenvalue weighted by Gasteiger charge is -2.29. The molecule has 3 aromatic rings. The van der Waals surface area contributed by atoms with Gasteiger partial charge in [0, 0.05) is 49.3 Å². The smallest absolute Gasteiger partial charge is 0.405 e. The number of unbranched alkanes of at least 4 members (excludes halogenated alkanes) is 3. The number of amides is 4. The van der Waals surface area contributed by atoms with E-state index in [2.05, 4.69) is 44.7 Å². The first kappa shape index (κ1) is 39.3. The van der Waals surface area contributed by atoms with Gasteiger partial charge >= 0.3 is 6.09 Å². The van der Waals surface area contributed by atoms with Crippen molar-refractivity contribution in [3.05, 3.63) is 42.2 Å². The number of para-hydroxylation sites is 1. The second kappa shape index (κ2) is 18.2. The summed E-state index contributed by atoms with van der Waals surface area (Å²) in [6.07, 6.45) is 5.16. The highest BCUT2D eigenvalue weighted by atomic mass is 16.5. The third kappa shape index (κ3) is 11.5. The molecule has 1 aliphatic heterocycles. The van der Waals surface area contributed by atoms with E-state index >= 15 is 0 Å². The van der Waals surface area contributed by atoms with Crippen molar-refractivity contribution in [2.75, 3.05) is 51.3 Å². The molecule has 0 aliphatic carbocycles. The third-order valence-corrected chi connectivity index (χ3v) is 8.45. The largest absolute Gasteiger partial charge is 0.465 e. The minimum Gasteiger partial charge on any atom is -0.465 e. The number of nitrogens with one attached hydrogen (secondary N) is 4. The Labute approximate surface area is 298 Å². The molecule has 0 radical (unpaired) electrons. The van der Waals surface area contributed by atoms with Crippen LogP contribution < -0.4 is 21.3 Å². The van der Waals surface area contributed by atoms with Gasteiger partial charge in [0.2, 0.25) is 5.91 Å². The number of carbonyl (C=O) groups is 4. The summed E-state index contributed by atoms with van der Waals surface area (Å²) < 4.78 is 14.2. The van der Waals surface area contributed by atoms with Gasteiger partial charge in [0.15, 0.2) is 5.82 Å². The van der Waals surface area contributed by atoms with E-state index in [9.17, 15) is 19.2 Å². The zero-order chi connectivity index (χ0) is 37.0. The van der Waals surface area contributed by atoms with Crippen LogP contribution in [0.4, 0.5) is 10.6 Å². The lowest BCUT2D eigenvalue weighted by atomic mass is 10.1. The van der Waals surface area contributed by atoms with E-state index < -0.39 is 24.1 Å². The van der Waals surface area contributed by atoms with Crippen LogP contribution in [0.5, 0.6) is 0 Å². The van der Waals surface area contributed by atoms with Gasteiger partial charge in [-0.3, -0.25) is 19.3 Å². The number of nitrogens with zero attached hydrogens (tertiary/aromatic N) is 4. The molecular weight excluding hydrogens is 656 g/mol. The highest BCUT2D eigenvalue weighted by Crippen LogP contribution is 2.32. The van der Waals surface area contributed by atoms with E-state index in [1.807, 2.05) is 45.0 Å².